The molecule has 5 heteroatoms. The summed E-state index contributed by atoms with van der Waals surface area (Å²) in [6, 6.07) is 13.2. The highest BCUT2D eigenvalue weighted by Gasteiger charge is 2.09. The van der Waals surface area contributed by atoms with Crippen LogP contribution in [-0.4, -0.2) is 31.4 Å². The van der Waals surface area contributed by atoms with Crippen LogP contribution >= 0.6 is 0 Å². The minimum Gasteiger partial charge on any atom is -0.493 e. The van der Waals surface area contributed by atoms with Crippen molar-refractivity contribution in [3.8, 4) is 17.2 Å². The summed E-state index contributed by atoms with van der Waals surface area (Å²) in [6.07, 6.45) is 3.53. The Hall–Kier alpha value is -2.95. The van der Waals surface area contributed by atoms with Gasteiger partial charge in [-0.2, -0.15) is 0 Å². The van der Waals surface area contributed by atoms with Gasteiger partial charge in [0.05, 0.1) is 7.11 Å². The van der Waals surface area contributed by atoms with Crippen molar-refractivity contribution in [3.63, 3.8) is 0 Å². The molecule has 2 rings (SSSR count). The Kier molecular flexibility index (Phi) is 6.89. The highest BCUT2D eigenvalue weighted by molar-refractivity contribution is 5.86. The lowest BCUT2D eigenvalue weighted by atomic mass is 10.1. The Morgan fingerprint density at radius 1 is 1.08 bits per heavy atom. The highest BCUT2D eigenvalue weighted by atomic mass is 16.5. The normalized spacial score (nSPS) is 10.6. The third-order valence-corrected chi connectivity index (χ3v) is 3.56. The van der Waals surface area contributed by atoms with Crippen molar-refractivity contribution in [3.05, 3.63) is 59.7 Å². The Morgan fingerprint density at radius 2 is 1.80 bits per heavy atom. The molecule has 2 aromatic carbocycles. The average molecular weight is 342 g/mol. The van der Waals surface area contributed by atoms with Crippen LogP contribution in [0.5, 0.6) is 17.2 Å². The maximum Gasteiger partial charge on any atom is 0.328 e. The fourth-order valence-corrected chi connectivity index (χ4v) is 2.26. The summed E-state index contributed by atoms with van der Waals surface area (Å²) in [4.78, 5) is 10.7. The molecule has 0 amide bonds. The number of hydrogen-bond donors (Lipinski definition) is 1. The number of rotatable bonds is 9. The molecule has 0 radical (unpaired) electrons. The van der Waals surface area contributed by atoms with Crippen LogP contribution in [0.2, 0.25) is 0 Å². The summed E-state index contributed by atoms with van der Waals surface area (Å²) < 4.78 is 16.7. The van der Waals surface area contributed by atoms with E-state index in [0.717, 1.165) is 18.2 Å². The lowest BCUT2D eigenvalue weighted by Crippen LogP contribution is -2.10. The second kappa shape index (κ2) is 9.37. The minimum atomic E-state index is -1.02. The molecule has 0 saturated heterocycles. The van der Waals surface area contributed by atoms with E-state index in [2.05, 4.69) is 6.92 Å². The van der Waals surface area contributed by atoms with Gasteiger partial charge in [0.2, 0.25) is 0 Å². The predicted molar refractivity (Wildman–Crippen MR) is 96.5 cm³/mol. The molecule has 0 saturated carbocycles. The van der Waals surface area contributed by atoms with Crippen LogP contribution in [0.1, 0.15) is 18.1 Å². The van der Waals surface area contributed by atoms with Gasteiger partial charge in [0.25, 0.3) is 0 Å². The SMILES string of the molecule is CCc1ccc(OCCOc2c(C=CC(=O)O)cccc2OC)cc1. The molecule has 0 aromatic heterocycles. The molecule has 0 heterocycles. The number of carboxylic acids is 1. The summed E-state index contributed by atoms with van der Waals surface area (Å²) >= 11 is 0. The highest BCUT2D eigenvalue weighted by Crippen LogP contribution is 2.32. The summed E-state index contributed by atoms with van der Waals surface area (Å²) in [5.74, 6) is 0.798. The minimum absolute atomic E-state index is 0.309. The largest absolute Gasteiger partial charge is 0.493 e. The zero-order valence-electron chi connectivity index (χ0n) is 14.4. The van der Waals surface area contributed by atoms with Crippen molar-refractivity contribution in [1.82, 2.24) is 0 Å². The van der Waals surface area contributed by atoms with E-state index in [4.69, 9.17) is 19.3 Å². The van der Waals surface area contributed by atoms with Gasteiger partial charge in [-0.15, -0.1) is 0 Å². The molecule has 0 aliphatic heterocycles. The van der Waals surface area contributed by atoms with Crippen LogP contribution in [0.3, 0.4) is 0 Å². The van der Waals surface area contributed by atoms with Crippen molar-refractivity contribution in [2.75, 3.05) is 20.3 Å². The van der Waals surface area contributed by atoms with Gasteiger partial charge in [0, 0.05) is 11.6 Å². The van der Waals surface area contributed by atoms with Gasteiger partial charge >= 0.3 is 5.97 Å². The van der Waals surface area contributed by atoms with E-state index >= 15 is 0 Å². The van der Waals surface area contributed by atoms with Gasteiger partial charge in [-0.3, -0.25) is 0 Å². The Bertz CT molecular complexity index is 719. The average Bonchev–Trinajstić information content (AvgIpc) is 2.64. The Labute approximate surface area is 147 Å². The molecule has 0 fully saturated rings. The third kappa shape index (κ3) is 5.57. The molecule has 0 aliphatic carbocycles. The summed E-state index contributed by atoms with van der Waals surface area (Å²) in [6.45, 7) is 2.78. The van der Waals surface area contributed by atoms with Crippen molar-refractivity contribution in [2.45, 2.75) is 13.3 Å². The monoisotopic (exact) mass is 342 g/mol. The van der Waals surface area contributed by atoms with Gasteiger partial charge in [-0.05, 0) is 36.3 Å². The van der Waals surface area contributed by atoms with Crippen LogP contribution in [0.25, 0.3) is 6.08 Å². The molecule has 0 unspecified atom stereocenters. The number of carboxylic acid groups (broad SMARTS) is 1. The van der Waals surface area contributed by atoms with Gasteiger partial charge < -0.3 is 19.3 Å². The van der Waals surface area contributed by atoms with Gasteiger partial charge in [0.1, 0.15) is 19.0 Å². The molecule has 1 N–H and O–H groups in total. The maximum absolute atomic E-state index is 10.7. The molecule has 132 valence electrons. The van der Waals surface area contributed by atoms with E-state index in [1.165, 1.54) is 11.6 Å². The lowest BCUT2D eigenvalue weighted by Gasteiger charge is -2.14. The number of para-hydroxylation sites is 1. The standard InChI is InChI=1S/C20H22O5/c1-3-15-7-10-17(11-8-15)24-13-14-25-20-16(9-12-19(21)22)5-4-6-18(20)23-2/h4-12H,3,13-14H2,1-2H3,(H,21,22). The van der Waals surface area contributed by atoms with Crippen LogP contribution in [-0.2, 0) is 11.2 Å². The first-order valence-electron chi connectivity index (χ1n) is 8.06. The molecule has 0 atom stereocenters. The Morgan fingerprint density at radius 3 is 2.44 bits per heavy atom. The van der Waals surface area contributed by atoms with E-state index in [0.29, 0.717) is 30.3 Å². The number of aryl methyl sites for hydroxylation is 1. The first-order chi connectivity index (χ1) is 12.1. The predicted octanol–water partition coefficient (Wildman–Crippen LogP) is 3.81. The molecule has 2 aromatic rings. The molecular formula is C20H22O5. The second-order valence-electron chi connectivity index (χ2n) is 5.24. The topological polar surface area (TPSA) is 65.0 Å². The fraction of sp³-hybridized carbons (Fsp3) is 0.250. The molecular weight excluding hydrogens is 320 g/mol. The van der Waals surface area contributed by atoms with Gasteiger partial charge in [0.15, 0.2) is 11.5 Å². The summed E-state index contributed by atoms with van der Waals surface area (Å²) in [5.41, 5.74) is 1.89. The number of ether oxygens (including phenoxy) is 3. The van der Waals surface area contributed by atoms with Crippen molar-refractivity contribution >= 4 is 12.0 Å². The van der Waals surface area contributed by atoms with Crippen LogP contribution in [0.4, 0.5) is 0 Å². The molecule has 0 aliphatic rings. The second-order valence-corrected chi connectivity index (χ2v) is 5.24. The van der Waals surface area contributed by atoms with Crippen molar-refractivity contribution < 1.29 is 24.1 Å². The first kappa shape index (κ1) is 18.4. The van der Waals surface area contributed by atoms with Crippen LogP contribution < -0.4 is 14.2 Å². The zero-order valence-corrected chi connectivity index (χ0v) is 14.4. The molecule has 0 spiro atoms. The first-order valence-corrected chi connectivity index (χ1v) is 8.06. The number of hydrogen-bond acceptors (Lipinski definition) is 4. The fourth-order valence-electron chi connectivity index (χ4n) is 2.26. The molecule has 25 heavy (non-hydrogen) atoms. The van der Waals surface area contributed by atoms with Crippen molar-refractivity contribution in [1.29, 1.82) is 0 Å². The van der Waals surface area contributed by atoms with Gasteiger partial charge in [-0.1, -0.05) is 31.2 Å². The van der Waals surface area contributed by atoms with E-state index < -0.39 is 5.97 Å². The van der Waals surface area contributed by atoms with E-state index in [-0.39, 0.29) is 0 Å². The lowest BCUT2D eigenvalue weighted by molar-refractivity contribution is -0.131. The zero-order chi connectivity index (χ0) is 18.1. The smallest absolute Gasteiger partial charge is 0.328 e. The van der Waals surface area contributed by atoms with E-state index in [1.54, 1.807) is 25.3 Å². The Balaban J connectivity index is 1.97. The number of aliphatic carboxylic acids is 1. The quantitative estimate of drug-likeness (QED) is 0.554. The molecule has 5 nitrogen and oxygen atoms in total. The molecule has 0 bridgehead atoms. The van der Waals surface area contributed by atoms with Crippen LogP contribution in [0.15, 0.2) is 48.5 Å². The number of carbonyl (C=O) groups is 1. The third-order valence-electron chi connectivity index (χ3n) is 3.56. The summed E-state index contributed by atoms with van der Waals surface area (Å²) in [7, 11) is 1.54. The van der Waals surface area contributed by atoms with Crippen LogP contribution in [0, 0.1) is 0 Å². The van der Waals surface area contributed by atoms with E-state index in [1.807, 2.05) is 24.3 Å². The number of methoxy groups -OCH3 is 1. The van der Waals surface area contributed by atoms with Gasteiger partial charge in [-0.25, -0.2) is 4.79 Å². The maximum atomic E-state index is 10.7. The number of benzene rings is 2. The van der Waals surface area contributed by atoms with Crippen molar-refractivity contribution in [2.24, 2.45) is 0 Å². The van der Waals surface area contributed by atoms with E-state index in [9.17, 15) is 4.79 Å². The summed E-state index contributed by atoms with van der Waals surface area (Å²) in [5, 5.41) is 8.79.